The molecule has 0 spiro atoms. The quantitative estimate of drug-likeness (QED) is 0.538. The molecule has 30 heavy (non-hydrogen) atoms. The molecule has 0 bridgehead atoms. The second-order valence-corrected chi connectivity index (χ2v) is 7.25. The molecule has 2 amide bonds. The van der Waals surface area contributed by atoms with Crippen LogP contribution in [0.25, 0.3) is 0 Å². The summed E-state index contributed by atoms with van der Waals surface area (Å²) in [6.07, 6.45) is 4.12. The Hall–Kier alpha value is -3.19. The molecule has 0 aliphatic heterocycles. The summed E-state index contributed by atoms with van der Waals surface area (Å²) >= 11 is 5.82. The van der Waals surface area contributed by atoms with Gasteiger partial charge in [0.15, 0.2) is 0 Å². The van der Waals surface area contributed by atoms with Crippen LogP contribution in [0.1, 0.15) is 40.6 Å². The van der Waals surface area contributed by atoms with Crippen molar-refractivity contribution in [2.75, 3.05) is 6.54 Å². The number of imidazole rings is 1. The standard InChI is InChI=1S/C22H22ClFN4O2/c1-28-14-13-25-21(28)20(15-6-10-18(24)11-7-15)27-19(29)3-2-12-26-22(30)16-4-8-17(23)9-5-16/h4-11,13-14,20H,2-3,12H2,1H3,(H,26,30)(H,27,29). The summed E-state index contributed by atoms with van der Waals surface area (Å²) in [6, 6.07) is 12.0. The number of benzene rings is 2. The van der Waals surface area contributed by atoms with Crippen LogP contribution in [-0.4, -0.2) is 27.9 Å². The van der Waals surface area contributed by atoms with Gasteiger partial charge in [-0.05, 0) is 48.4 Å². The summed E-state index contributed by atoms with van der Waals surface area (Å²) in [5.74, 6) is -0.108. The van der Waals surface area contributed by atoms with Crippen LogP contribution in [-0.2, 0) is 11.8 Å². The number of carbonyl (C=O) groups is 2. The Morgan fingerprint density at radius 1 is 1.13 bits per heavy atom. The van der Waals surface area contributed by atoms with E-state index in [0.29, 0.717) is 29.4 Å². The fourth-order valence-corrected chi connectivity index (χ4v) is 3.12. The van der Waals surface area contributed by atoms with E-state index in [1.54, 1.807) is 53.4 Å². The number of carbonyl (C=O) groups excluding carboxylic acids is 2. The summed E-state index contributed by atoms with van der Waals surface area (Å²) in [6.45, 7) is 0.360. The van der Waals surface area contributed by atoms with Gasteiger partial charge in [0.25, 0.3) is 5.91 Å². The first-order valence-electron chi connectivity index (χ1n) is 9.50. The van der Waals surface area contributed by atoms with E-state index in [2.05, 4.69) is 15.6 Å². The van der Waals surface area contributed by atoms with Gasteiger partial charge in [-0.3, -0.25) is 9.59 Å². The average Bonchev–Trinajstić information content (AvgIpc) is 3.16. The predicted molar refractivity (Wildman–Crippen MR) is 113 cm³/mol. The summed E-state index contributed by atoms with van der Waals surface area (Å²) in [5, 5.41) is 6.29. The summed E-state index contributed by atoms with van der Waals surface area (Å²) in [7, 11) is 1.83. The van der Waals surface area contributed by atoms with Gasteiger partial charge < -0.3 is 15.2 Å². The lowest BCUT2D eigenvalue weighted by Crippen LogP contribution is -2.32. The van der Waals surface area contributed by atoms with Crippen LogP contribution in [0.4, 0.5) is 4.39 Å². The van der Waals surface area contributed by atoms with Crippen molar-refractivity contribution in [3.8, 4) is 0 Å². The van der Waals surface area contributed by atoms with E-state index in [0.717, 1.165) is 5.56 Å². The van der Waals surface area contributed by atoms with Crippen molar-refractivity contribution in [1.82, 2.24) is 20.2 Å². The monoisotopic (exact) mass is 428 g/mol. The average molecular weight is 429 g/mol. The maximum absolute atomic E-state index is 13.3. The number of hydrogen-bond donors (Lipinski definition) is 2. The Morgan fingerprint density at radius 3 is 2.47 bits per heavy atom. The normalized spacial score (nSPS) is 11.7. The lowest BCUT2D eigenvalue weighted by Gasteiger charge is -2.19. The fraction of sp³-hybridized carbons (Fsp3) is 0.227. The molecular weight excluding hydrogens is 407 g/mol. The van der Waals surface area contributed by atoms with Gasteiger partial charge in [-0.1, -0.05) is 23.7 Å². The Kier molecular flexibility index (Phi) is 7.19. The topological polar surface area (TPSA) is 76.0 Å². The molecule has 2 aromatic carbocycles. The molecule has 6 nitrogen and oxygen atoms in total. The van der Waals surface area contributed by atoms with Crippen LogP contribution in [0.15, 0.2) is 60.9 Å². The number of aryl methyl sites for hydroxylation is 1. The highest BCUT2D eigenvalue weighted by Crippen LogP contribution is 2.21. The largest absolute Gasteiger partial charge is 0.352 e. The van der Waals surface area contributed by atoms with Crippen molar-refractivity contribution in [2.45, 2.75) is 18.9 Å². The maximum Gasteiger partial charge on any atom is 0.251 e. The van der Waals surface area contributed by atoms with Gasteiger partial charge >= 0.3 is 0 Å². The second kappa shape index (κ2) is 10.0. The van der Waals surface area contributed by atoms with Crippen molar-refractivity contribution < 1.29 is 14.0 Å². The molecule has 2 N–H and O–H groups in total. The number of rotatable bonds is 8. The summed E-state index contributed by atoms with van der Waals surface area (Å²) in [5.41, 5.74) is 1.24. The molecular formula is C22H22ClFN4O2. The van der Waals surface area contributed by atoms with Gasteiger partial charge in [-0.15, -0.1) is 0 Å². The first-order valence-corrected chi connectivity index (χ1v) is 9.87. The summed E-state index contributed by atoms with van der Waals surface area (Å²) < 4.78 is 15.1. The molecule has 1 atom stereocenters. The van der Waals surface area contributed by atoms with E-state index in [9.17, 15) is 14.0 Å². The van der Waals surface area contributed by atoms with Crippen LogP contribution in [0, 0.1) is 5.82 Å². The number of nitrogens with one attached hydrogen (secondary N) is 2. The van der Waals surface area contributed by atoms with Crippen LogP contribution in [0.3, 0.4) is 0 Å². The lowest BCUT2D eigenvalue weighted by molar-refractivity contribution is -0.121. The number of halogens is 2. The number of amides is 2. The molecule has 1 aromatic heterocycles. The van der Waals surface area contributed by atoms with E-state index < -0.39 is 6.04 Å². The van der Waals surface area contributed by atoms with Crippen molar-refractivity contribution >= 4 is 23.4 Å². The van der Waals surface area contributed by atoms with Crippen molar-refractivity contribution in [1.29, 1.82) is 0 Å². The Morgan fingerprint density at radius 2 is 1.83 bits per heavy atom. The molecule has 3 rings (SSSR count). The van der Waals surface area contributed by atoms with Crippen molar-refractivity contribution in [3.63, 3.8) is 0 Å². The molecule has 0 aliphatic rings. The first-order chi connectivity index (χ1) is 14.4. The zero-order chi connectivity index (χ0) is 21.5. The van der Waals surface area contributed by atoms with Crippen LogP contribution >= 0.6 is 11.6 Å². The molecule has 0 fully saturated rings. The smallest absolute Gasteiger partial charge is 0.251 e. The minimum absolute atomic E-state index is 0.187. The second-order valence-electron chi connectivity index (χ2n) is 6.81. The van der Waals surface area contributed by atoms with Crippen molar-refractivity contribution in [2.24, 2.45) is 7.05 Å². The third kappa shape index (κ3) is 5.67. The Balaban J connectivity index is 1.54. The minimum Gasteiger partial charge on any atom is -0.352 e. The number of hydrogen-bond acceptors (Lipinski definition) is 3. The maximum atomic E-state index is 13.3. The fourth-order valence-electron chi connectivity index (χ4n) is 2.99. The molecule has 156 valence electrons. The van der Waals surface area contributed by atoms with Gasteiger partial charge in [0.1, 0.15) is 17.7 Å². The number of nitrogens with zero attached hydrogens (tertiary/aromatic N) is 2. The van der Waals surface area contributed by atoms with E-state index in [1.165, 1.54) is 12.1 Å². The van der Waals surface area contributed by atoms with E-state index in [4.69, 9.17) is 11.6 Å². The van der Waals surface area contributed by atoms with Gasteiger partial charge in [0.05, 0.1) is 0 Å². The highest BCUT2D eigenvalue weighted by Gasteiger charge is 2.20. The van der Waals surface area contributed by atoms with Gasteiger partial charge in [-0.2, -0.15) is 0 Å². The predicted octanol–water partition coefficient (Wildman–Crippen LogP) is 3.63. The molecule has 1 unspecified atom stereocenters. The van der Waals surface area contributed by atoms with Gasteiger partial charge in [-0.25, -0.2) is 9.37 Å². The molecule has 0 saturated heterocycles. The molecule has 0 radical (unpaired) electrons. The zero-order valence-corrected chi connectivity index (χ0v) is 17.2. The first kappa shape index (κ1) is 21.5. The highest BCUT2D eigenvalue weighted by atomic mass is 35.5. The molecule has 0 saturated carbocycles. The number of aromatic nitrogens is 2. The molecule has 8 heteroatoms. The van der Waals surface area contributed by atoms with Crippen LogP contribution in [0.2, 0.25) is 5.02 Å². The molecule has 3 aromatic rings. The third-order valence-corrected chi connectivity index (χ3v) is 4.85. The zero-order valence-electron chi connectivity index (χ0n) is 16.4. The summed E-state index contributed by atoms with van der Waals surface area (Å²) in [4.78, 5) is 28.9. The SMILES string of the molecule is Cn1ccnc1C(NC(=O)CCCNC(=O)c1ccc(Cl)cc1)c1ccc(F)cc1. The van der Waals surface area contributed by atoms with E-state index in [1.807, 2.05) is 7.05 Å². The molecule has 0 aliphatic carbocycles. The van der Waals surface area contributed by atoms with Gasteiger partial charge in [0, 0.05) is 43.0 Å². The van der Waals surface area contributed by atoms with Crippen LogP contribution in [0.5, 0.6) is 0 Å². The Bertz CT molecular complexity index is 1000. The van der Waals surface area contributed by atoms with E-state index in [-0.39, 0.29) is 24.1 Å². The van der Waals surface area contributed by atoms with Gasteiger partial charge in [0.2, 0.25) is 5.91 Å². The minimum atomic E-state index is -0.498. The Labute approximate surface area is 179 Å². The highest BCUT2D eigenvalue weighted by molar-refractivity contribution is 6.30. The van der Waals surface area contributed by atoms with Crippen molar-refractivity contribution in [3.05, 3.63) is 88.7 Å². The van der Waals surface area contributed by atoms with Crippen LogP contribution < -0.4 is 10.6 Å². The lowest BCUT2D eigenvalue weighted by atomic mass is 10.1. The third-order valence-electron chi connectivity index (χ3n) is 4.60. The van der Waals surface area contributed by atoms with E-state index >= 15 is 0 Å². The molecule has 1 heterocycles.